The molecule has 0 aliphatic rings. The number of benzene rings is 2. The Morgan fingerprint density at radius 2 is 2.09 bits per heavy atom. The summed E-state index contributed by atoms with van der Waals surface area (Å²) in [5.74, 6) is 0.412. The van der Waals surface area contributed by atoms with Crippen LogP contribution in [0.5, 0.6) is 5.75 Å². The fourth-order valence-electron chi connectivity index (χ4n) is 2.15. The molecule has 1 amide bonds. The molecule has 2 rings (SSSR count). The van der Waals surface area contributed by atoms with Crippen molar-refractivity contribution in [1.82, 2.24) is 0 Å². The lowest BCUT2D eigenvalue weighted by molar-refractivity contribution is -0.111. The van der Waals surface area contributed by atoms with Crippen molar-refractivity contribution in [2.75, 3.05) is 18.2 Å². The summed E-state index contributed by atoms with van der Waals surface area (Å²) >= 11 is 0. The number of carbonyl (C=O) groups excluding carboxylic acids is 1. The molecule has 22 heavy (non-hydrogen) atoms. The van der Waals surface area contributed by atoms with E-state index in [1.807, 2.05) is 30.3 Å². The monoisotopic (exact) mass is 297 g/mol. The van der Waals surface area contributed by atoms with Crippen molar-refractivity contribution in [3.05, 3.63) is 66.2 Å². The quantitative estimate of drug-likeness (QED) is 0.584. The molecular weight excluding hydrogens is 278 g/mol. The lowest BCUT2D eigenvalue weighted by Gasteiger charge is -2.16. The first-order valence-electron chi connectivity index (χ1n) is 6.77. The van der Waals surface area contributed by atoms with Gasteiger partial charge in [0.2, 0.25) is 5.91 Å². The number of ether oxygens (including phenoxy) is 1. The topological polar surface area (TPSA) is 90.4 Å². The van der Waals surface area contributed by atoms with Crippen LogP contribution < -0.4 is 21.5 Å². The molecule has 0 aliphatic heterocycles. The van der Waals surface area contributed by atoms with Gasteiger partial charge >= 0.3 is 0 Å². The number of nitrogens with one attached hydrogen (secondary N) is 1. The average molecular weight is 297 g/mol. The minimum atomic E-state index is -0.397. The van der Waals surface area contributed by atoms with E-state index in [1.165, 1.54) is 6.08 Å². The first kappa shape index (κ1) is 15.6. The molecule has 0 heterocycles. The minimum absolute atomic E-state index is 0.269. The molecule has 0 aliphatic carbocycles. The lowest BCUT2D eigenvalue weighted by atomic mass is 9.97. The van der Waals surface area contributed by atoms with E-state index in [0.29, 0.717) is 17.1 Å². The zero-order chi connectivity index (χ0) is 16.1. The van der Waals surface area contributed by atoms with Gasteiger partial charge in [-0.3, -0.25) is 4.79 Å². The molecule has 0 bridgehead atoms. The summed E-state index contributed by atoms with van der Waals surface area (Å²) in [5.41, 5.74) is 15.2. The largest absolute Gasteiger partial charge is 0.497 e. The second-order valence-corrected chi connectivity index (χ2v) is 4.79. The maximum Gasteiger partial charge on any atom is 0.247 e. The molecule has 0 radical (unpaired) electrons. The number of hydrogen-bond donors (Lipinski definition) is 3. The second kappa shape index (κ2) is 6.78. The molecule has 2 aromatic rings. The van der Waals surface area contributed by atoms with Crippen LogP contribution in [0.3, 0.4) is 0 Å². The molecule has 0 saturated heterocycles. The number of carbonyl (C=O) groups is 1. The first-order valence-corrected chi connectivity index (χ1v) is 6.77. The fourth-order valence-corrected chi connectivity index (χ4v) is 2.15. The van der Waals surface area contributed by atoms with Gasteiger partial charge in [0, 0.05) is 17.4 Å². The van der Waals surface area contributed by atoms with Gasteiger partial charge in [-0.2, -0.15) is 0 Å². The maximum atomic E-state index is 11.4. The van der Waals surface area contributed by atoms with E-state index < -0.39 is 6.04 Å². The summed E-state index contributed by atoms with van der Waals surface area (Å²) in [6.45, 7) is 3.42. The molecule has 0 spiro atoms. The number of methoxy groups -OCH3 is 1. The molecule has 0 fully saturated rings. The SMILES string of the molecule is C=CC(=O)Nc1cccc(C(N)c2ccc(OC)cc2N)c1. The molecule has 114 valence electrons. The standard InChI is InChI=1S/C17H19N3O2/c1-3-16(21)20-12-6-4-5-11(9-12)17(19)14-8-7-13(22-2)10-15(14)18/h3-10,17H,1,18-19H2,2H3,(H,20,21). The van der Waals surface area contributed by atoms with E-state index in [4.69, 9.17) is 16.2 Å². The molecule has 2 aromatic carbocycles. The smallest absolute Gasteiger partial charge is 0.247 e. The van der Waals surface area contributed by atoms with Crippen molar-refractivity contribution in [1.29, 1.82) is 0 Å². The highest BCUT2D eigenvalue weighted by Gasteiger charge is 2.13. The van der Waals surface area contributed by atoms with Crippen molar-refractivity contribution in [3.63, 3.8) is 0 Å². The molecule has 1 atom stereocenters. The Hall–Kier alpha value is -2.79. The van der Waals surface area contributed by atoms with Crippen molar-refractivity contribution in [3.8, 4) is 5.75 Å². The minimum Gasteiger partial charge on any atom is -0.497 e. The summed E-state index contributed by atoms with van der Waals surface area (Å²) in [4.78, 5) is 11.4. The molecule has 5 nitrogen and oxygen atoms in total. The number of anilines is 2. The van der Waals surface area contributed by atoms with Crippen LogP contribution in [0.4, 0.5) is 11.4 Å². The van der Waals surface area contributed by atoms with E-state index in [2.05, 4.69) is 11.9 Å². The van der Waals surface area contributed by atoms with Crippen molar-refractivity contribution >= 4 is 17.3 Å². The Morgan fingerprint density at radius 1 is 1.32 bits per heavy atom. The van der Waals surface area contributed by atoms with Gasteiger partial charge in [-0.25, -0.2) is 0 Å². The fraction of sp³-hybridized carbons (Fsp3) is 0.118. The van der Waals surface area contributed by atoms with Crippen LogP contribution in [-0.2, 0) is 4.79 Å². The Kier molecular flexibility index (Phi) is 4.80. The molecular formula is C17H19N3O2. The Balaban J connectivity index is 2.29. The van der Waals surface area contributed by atoms with E-state index in [9.17, 15) is 4.79 Å². The third kappa shape index (κ3) is 3.45. The average Bonchev–Trinajstić information content (AvgIpc) is 2.54. The number of amides is 1. The van der Waals surface area contributed by atoms with E-state index in [0.717, 1.165) is 11.1 Å². The predicted molar refractivity (Wildman–Crippen MR) is 88.7 cm³/mol. The summed E-state index contributed by atoms with van der Waals surface area (Å²) < 4.78 is 5.13. The van der Waals surface area contributed by atoms with Crippen molar-refractivity contribution in [2.24, 2.45) is 5.73 Å². The highest BCUT2D eigenvalue weighted by Crippen LogP contribution is 2.29. The summed E-state index contributed by atoms with van der Waals surface area (Å²) in [7, 11) is 1.58. The Labute approximate surface area is 129 Å². The zero-order valence-corrected chi connectivity index (χ0v) is 12.4. The second-order valence-electron chi connectivity index (χ2n) is 4.79. The van der Waals surface area contributed by atoms with Gasteiger partial charge < -0.3 is 21.5 Å². The number of rotatable bonds is 5. The third-order valence-electron chi connectivity index (χ3n) is 3.33. The molecule has 5 heteroatoms. The molecule has 1 unspecified atom stereocenters. The normalized spacial score (nSPS) is 11.5. The van der Waals surface area contributed by atoms with Gasteiger partial charge in [0.25, 0.3) is 0 Å². The predicted octanol–water partition coefficient (Wildman–Crippen LogP) is 2.45. The van der Waals surface area contributed by atoms with Crippen LogP contribution in [0, 0.1) is 0 Å². The summed E-state index contributed by atoms with van der Waals surface area (Å²) in [5, 5.41) is 2.71. The maximum absolute atomic E-state index is 11.4. The van der Waals surface area contributed by atoms with Gasteiger partial charge in [0.1, 0.15) is 5.75 Å². The van der Waals surface area contributed by atoms with E-state index in [-0.39, 0.29) is 5.91 Å². The van der Waals surface area contributed by atoms with Crippen molar-refractivity contribution in [2.45, 2.75) is 6.04 Å². The third-order valence-corrected chi connectivity index (χ3v) is 3.33. The van der Waals surface area contributed by atoms with Crippen LogP contribution in [0.1, 0.15) is 17.2 Å². The zero-order valence-electron chi connectivity index (χ0n) is 12.4. The van der Waals surface area contributed by atoms with Crippen LogP contribution in [-0.4, -0.2) is 13.0 Å². The molecule has 0 aromatic heterocycles. The highest BCUT2D eigenvalue weighted by atomic mass is 16.5. The van der Waals surface area contributed by atoms with Gasteiger partial charge in [-0.1, -0.05) is 24.8 Å². The van der Waals surface area contributed by atoms with Crippen LogP contribution >= 0.6 is 0 Å². The molecule has 0 saturated carbocycles. The van der Waals surface area contributed by atoms with Crippen LogP contribution in [0.2, 0.25) is 0 Å². The highest BCUT2D eigenvalue weighted by molar-refractivity contribution is 5.98. The van der Waals surface area contributed by atoms with E-state index in [1.54, 1.807) is 19.2 Å². The number of nitrogens with two attached hydrogens (primary N) is 2. The number of nitrogen functional groups attached to an aromatic ring is 1. The summed E-state index contributed by atoms with van der Waals surface area (Å²) in [6.07, 6.45) is 1.22. The lowest BCUT2D eigenvalue weighted by Crippen LogP contribution is -2.15. The van der Waals surface area contributed by atoms with Gasteiger partial charge in [0.15, 0.2) is 0 Å². The van der Waals surface area contributed by atoms with Gasteiger partial charge in [-0.15, -0.1) is 0 Å². The summed E-state index contributed by atoms with van der Waals surface area (Å²) in [6, 6.07) is 12.3. The van der Waals surface area contributed by atoms with E-state index >= 15 is 0 Å². The Morgan fingerprint density at radius 3 is 2.73 bits per heavy atom. The van der Waals surface area contributed by atoms with Gasteiger partial charge in [-0.05, 0) is 35.4 Å². The van der Waals surface area contributed by atoms with Crippen LogP contribution in [0.25, 0.3) is 0 Å². The van der Waals surface area contributed by atoms with Crippen LogP contribution in [0.15, 0.2) is 55.1 Å². The first-order chi connectivity index (χ1) is 10.5. The van der Waals surface area contributed by atoms with Crippen molar-refractivity contribution < 1.29 is 9.53 Å². The number of hydrogen-bond acceptors (Lipinski definition) is 4. The molecule has 5 N–H and O–H groups in total. The Bertz CT molecular complexity index is 698. The van der Waals surface area contributed by atoms with Gasteiger partial charge in [0.05, 0.1) is 13.2 Å².